The Labute approximate surface area is 164 Å². The Bertz CT molecular complexity index is 749. The van der Waals surface area contributed by atoms with Crippen LogP contribution in [0.2, 0.25) is 0 Å². The first-order valence-corrected chi connectivity index (χ1v) is 10.0. The highest BCUT2D eigenvalue weighted by molar-refractivity contribution is 5.94. The van der Waals surface area contributed by atoms with Crippen LogP contribution in [0.3, 0.4) is 0 Å². The molecule has 7 nitrogen and oxygen atoms in total. The molecule has 0 aromatic heterocycles. The van der Waals surface area contributed by atoms with Crippen molar-refractivity contribution in [2.75, 3.05) is 19.6 Å². The van der Waals surface area contributed by atoms with Crippen LogP contribution in [0.15, 0.2) is 35.9 Å². The van der Waals surface area contributed by atoms with Crippen LogP contribution >= 0.6 is 0 Å². The quantitative estimate of drug-likeness (QED) is 0.461. The van der Waals surface area contributed by atoms with Gasteiger partial charge in [0.2, 0.25) is 5.91 Å². The lowest BCUT2D eigenvalue weighted by Crippen LogP contribution is -2.43. The van der Waals surface area contributed by atoms with Gasteiger partial charge in [-0.1, -0.05) is 11.6 Å². The molecule has 2 amide bonds. The largest absolute Gasteiger partial charge is 0.356 e. The van der Waals surface area contributed by atoms with E-state index in [0.29, 0.717) is 38.0 Å². The smallest absolute Gasteiger partial charge is 0.269 e. The summed E-state index contributed by atoms with van der Waals surface area (Å²) in [4.78, 5) is 36.9. The zero-order chi connectivity index (χ0) is 19.9. The van der Waals surface area contributed by atoms with E-state index in [4.69, 9.17) is 0 Å². The minimum absolute atomic E-state index is 0.0316. The third-order valence-corrected chi connectivity index (χ3v) is 5.61. The summed E-state index contributed by atoms with van der Waals surface area (Å²) in [6.45, 7) is 1.74. The number of amides is 2. The van der Waals surface area contributed by atoms with Gasteiger partial charge in [-0.25, -0.2) is 0 Å². The predicted molar refractivity (Wildman–Crippen MR) is 106 cm³/mol. The summed E-state index contributed by atoms with van der Waals surface area (Å²) >= 11 is 0. The fourth-order valence-corrected chi connectivity index (χ4v) is 3.88. The van der Waals surface area contributed by atoms with E-state index < -0.39 is 4.92 Å². The van der Waals surface area contributed by atoms with Crippen LogP contribution < -0.4 is 5.32 Å². The van der Waals surface area contributed by atoms with Crippen molar-refractivity contribution in [2.24, 2.45) is 5.92 Å². The molecule has 1 aromatic carbocycles. The number of nitrogens with zero attached hydrogens (tertiary/aromatic N) is 2. The molecule has 0 bridgehead atoms. The minimum atomic E-state index is -0.483. The van der Waals surface area contributed by atoms with Crippen LogP contribution in [-0.4, -0.2) is 41.3 Å². The number of benzene rings is 1. The van der Waals surface area contributed by atoms with Crippen molar-refractivity contribution in [3.05, 3.63) is 51.6 Å². The lowest BCUT2D eigenvalue weighted by Gasteiger charge is -2.31. The fourth-order valence-electron chi connectivity index (χ4n) is 3.88. The number of rotatable bonds is 6. The molecule has 1 aromatic rings. The number of carbonyl (C=O) groups excluding carboxylic acids is 2. The third-order valence-electron chi connectivity index (χ3n) is 5.61. The fraction of sp³-hybridized carbons (Fsp3) is 0.524. The van der Waals surface area contributed by atoms with Gasteiger partial charge in [-0.2, -0.15) is 0 Å². The maximum Gasteiger partial charge on any atom is 0.269 e. The Hall–Kier alpha value is -2.70. The second kappa shape index (κ2) is 9.48. The number of nitrogens with one attached hydrogen (secondary N) is 1. The van der Waals surface area contributed by atoms with Gasteiger partial charge in [0.15, 0.2) is 0 Å². The first kappa shape index (κ1) is 20.0. The van der Waals surface area contributed by atoms with Gasteiger partial charge in [0.25, 0.3) is 11.6 Å². The van der Waals surface area contributed by atoms with E-state index >= 15 is 0 Å². The molecule has 28 heavy (non-hydrogen) atoms. The van der Waals surface area contributed by atoms with Gasteiger partial charge in [0, 0.05) is 43.2 Å². The summed E-state index contributed by atoms with van der Waals surface area (Å²) in [6.07, 6.45) is 9.36. The van der Waals surface area contributed by atoms with Crippen LogP contribution in [0.4, 0.5) is 5.69 Å². The molecular formula is C21H27N3O4. The molecule has 7 heteroatoms. The van der Waals surface area contributed by atoms with Gasteiger partial charge >= 0.3 is 0 Å². The topological polar surface area (TPSA) is 92.6 Å². The van der Waals surface area contributed by atoms with Gasteiger partial charge < -0.3 is 10.2 Å². The molecular weight excluding hydrogens is 358 g/mol. The molecule has 0 saturated carbocycles. The monoisotopic (exact) mass is 385 g/mol. The average Bonchev–Trinajstić information content (AvgIpc) is 2.74. The molecule has 1 fully saturated rings. The number of hydrogen-bond acceptors (Lipinski definition) is 4. The minimum Gasteiger partial charge on any atom is -0.356 e. The molecule has 1 aliphatic heterocycles. The van der Waals surface area contributed by atoms with E-state index in [2.05, 4.69) is 11.4 Å². The summed E-state index contributed by atoms with van der Waals surface area (Å²) in [5.74, 6) is -0.113. The summed E-state index contributed by atoms with van der Waals surface area (Å²) in [6, 6.07) is 5.66. The standard InChI is InChI=1S/C21H27N3O4/c25-20(22-13-10-16-4-2-1-3-5-16)17-11-14-23(15-12-17)21(26)18-6-8-19(9-7-18)24(27)28/h4,6-9,17H,1-3,5,10-15H2,(H,22,25). The number of non-ortho nitro benzene ring substituents is 1. The molecule has 0 spiro atoms. The Balaban J connectivity index is 1.43. The van der Waals surface area contributed by atoms with E-state index in [1.54, 1.807) is 4.90 Å². The number of nitro benzene ring substituents is 1. The zero-order valence-corrected chi connectivity index (χ0v) is 16.1. The number of likely N-dealkylation sites (tertiary alicyclic amines) is 1. The molecule has 1 N–H and O–H groups in total. The Morgan fingerprint density at radius 3 is 2.46 bits per heavy atom. The first-order valence-electron chi connectivity index (χ1n) is 10.0. The highest BCUT2D eigenvalue weighted by atomic mass is 16.6. The van der Waals surface area contributed by atoms with Gasteiger partial charge in [0.1, 0.15) is 0 Å². The van der Waals surface area contributed by atoms with Crippen LogP contribution in [0.5, 0.6) is 0 Å². The van der Waals surface area contributed by atoms with Crippen LogP contribution in [0.1, 0.15) is 55.3 Å². The van der Waals surface area contributed by atoms with Crippen molar-refractivity contribution < 1.29 is 14.5 Å². The number of nitro groups is 1. The lowest BCUT2D eigenvalue weighted by atomic mass is 9.94. The van der Waals surface area contributed by atoms with Crippen molar-refractivity contribution in [2.45, 2.75) is 44.9 Å². The van der Waals surface area contributed by atoms with E-state index in [1.807, 2.05) is 0 Å². The van der Waals surface area contributed by atoms with Crippen molar-refractivity contribution >= 4 is 17.5 Å². The second-order valence-electron chi connectivity index (χ2n) is 7.52. The van der Waals surface area contributed by atoms with Crippen LogP contribution in [-0.2, 0) is 4.79 Å². The zero-order valence-electron chi connectivity index (χ0n) is 16.1. The molecule has 150 valence electrons. The highest BCUT2D eigenvalue weighted by Gasteiger charge is 2.27. The van der Waals surface area contributed by atoms with E-state index in [9.17, 15) is 19.7 Å². The summed E-state index contributed by atoms with van der Waals surface area (Å²) in [5, 5.41) is 13.8. The Morgan fingerprint density at radius 1 is 1.14 bits per heavy atom. The van der Waals surface area contributed by atoms with Crippen molar-refractivity contribution in [3.63, 3.8) is 0 Å². The molecule has 1 aliphatic carbocycles. The number of hydrogen-bond donors (Lipinski definition) is 1. The number of allylic oxidation sites excluding steroid dienone is 1. The summed E-state index contributed by atoms with van der Waals surface area (Å²) < 4.78 is 0. The van der Waals surface area contributed by atoms with Crippen molar-refractivity contribution in [1.82, 2.24) is 10.2 Å². The van der Waals surface area contributed by atoms with Gasteiger partial charge in [-0.3, -0.25) is 19.7 Å². The van der Waals surface area contributed by atoms with Gasteiger partial charge in [-0.15, -0.1) is 0 Å². The lowest BCUT2D eigenvalue weighted by molar-refractivity contribution is -0.384. The SMILES string of the molecule is O=C(NCCC1=CCCCC1)C1CCN(C(=O)c2ccc([N+](=O)[O-])cc2)CC1. The molecule has 0 unspecified atom stereocenters. The van der Waals surface area contributed by atoms with Gasteiger partial charge in [-0.05, 0) is 57.1 Å². The second-order valence-corrected chi connectivity index (χ2v) is 7.52. The average molecular weight is 385 g/mol. The number of carbonyl (C=O) groups is 2. The van der Waals surface area contributed by atoms with Crippen LogP contribution in [0.25, 0.3) is 0 Å². The third kappa shape index (κ3) is 5.18. The van der Waals surface area contributed by atoms with Gasteiger partial charge in [0.05, 0.1) is 4.92 Å². The molecule has 1 saturated heterocycles. The first-order chi connectivity index (χ1) is 13.5. The molecule has 1 heterocycles. The summed E-state index contributed by atoms with van der Waals surface area (Å²) in [5.41, 5.74) is 1.86. The van der Waals surface area contributed by atoms with E-state index in [-0.39, 0.29) is 23.4 Å². The molecule has 2 aliphatic rings. The van der Waals surface area contributed by atoms with Crippen molar-refractivity contribution in [3.8, 4) is 0 Å². The summed E-state index contributed by atoms with van der Waals surface area (Å²) in [7, 11) is 0. The maximum atomic E-state index is 12.6. The van der Waals surface area contributed by atoms with E-state index in [1.165, 1.54) is 42.7 Å². The van der Waals surface area contributed by atoms with E-state index in [0.717, 1.165) is 19.3 Å². The number of piperidine rings is 1. The maximum absolute atomic E-state index is 12.6. The molecule has 0 atom stereocenters. The highest BCUT2D eigenvalue weighted by Crippen LogP contribution is 2.22. The Kier molecular flexibility index (Phi) is 6.79. The predicted octanol–water partition coefficient (Wildman–Crippen LogP) is 3.45. The molecule has 3 rings (SSSR count). The normalized spacial score (nSPS) is 17.7. The van der Waals surface area contributed by atoms with Crippen molar-refractivity contribution in [1.29, 1.82) is 0 Å². The molecule has 0 radical (unpaired) electrons. The Morgan fingerprint density at radius 2 is 1.86 bits per heavy atom. The van der Waals surface area contributed by atoms with Crippen LogP contribution in [0, 0.1) is 16.0 Å².